The van der Waals surface area contributed by atoms with Crippen molar-refractivity contribution in [2.75, 3.05) is 6.26 Å². The van der Waals surface area contributed by atoms with Crippen LogP contribution in [0.2, 0.25) is 5.02 Å². The first-order valence-electron chi connectivity index (χ1n) is 3.86. The molecule has 0 saturated heterocycles. The van der Waals surface area contributed by atoms with Crippen LogP contribution in [0.5, 0.6) is 0 Å². The lowest BCUT2D eigenvalue weighted by atomic mass is 10.1. The molecule has 0 aliphatic rings. The van der Waals surface area contributed by atoms with Gasteiger partial charge in [-0.3, -0.25) is 0 Å². The molecule has 0 spiro atoms. The van der Waals surface area contributed by atoms with Gasteiger partial charge >= 0.3 is 0 Å². The van der Waals surface area contributed by atoms with Gasteiger partial charge < -0.3 is 5.11 Å². The summed E-state index contributed by atoms with van der Waals surface area (Å²) in [6, 6.07) is 5.28. The van der Waals surface area contributed by atoms with E-state index in [1.165, 1.54) is 11.8 Å². The van der Waals surface area contributed by atoms with Crippen LogP contribution in [-0.4, -0.2) is 16.2 Å². The van der Waals surface area contributed by atoms with Gasteiger partial charge in [0, 0.05) is 9.92 Å². The minimum atomic E-state index is -0.903. The fourth-order valence-corrected chi connectivity index (χ4v) is 2.14. The van der Waals surface area contributed by atoms with Crippen molar-refractivity contribution in [3.05, 3.63) is 28.8 Å². The van der Waals surface area contributed by atoms with E-state index < -0.39 is 10.9 Å². The fraction of sp³-hybridized carbons (Fsp3) is 0.333. The van der Waals surface area contributed by atoms with E-state index in [1.54, 1.807) is 12.1 Å². The van der Waals surface area contributed by atoms with E-state index in [2.05, 4.69) is 0 Å². The number of thioether (sulfide) groups is 1. The molecule has 1 nitrogen and oxygen atoms in total. The third-order valence-electron chi connectivity index (χ3n) is 1.75. The number of aliphatic hydroxyl groups excluding tert-OH is 1. The molecule has 1 rings (SSSR count). The van der Waals surface area contributed by atoms with Crippen LogP contribution >= 0.6 is 46.6 Å². The van der Waals surface area contributed by atoms with Crippen molar-refractivity contribution in [2.45, 2.75) is 15.8 Å². The second kappa shape index (κ2) is 5.47. The molecule has 0 aliphatic carbocycles. The molecule has 0 saturated carbocycles. The van der Waals surface area contributed by atoms with Gasteiger partial charge in [0.05, 0.1) is 0 Å². The van der Waals surface area contributed by atoms with Crippen LogP contribution in [0.3, 0.4) is 0 Å². The molecule has 1 aromatic rings. The van der Waals surface area contributed by atoms with Gasteiger partial charge in [-0.25, -0.2) is 0 Å². The first-order valence-corrected chi connectivity index (χ1v) is 6.33. The highest BCUT2D eigenvalue weighted by Crippen LogP contribution is 2.33. The maximum absolute atomic E-state index is 9.70. The van der Waals surface area contributed by atoms with Crippen molar-refractivity contribution in [3.8, 4) is 0 Å². The standard InChI is InChI=1S/C9H9Cl3OS/c1-14-7-3-2-5(10)4-6(7)8(13)9(11)12/h2-4,8-9,13H,1H3. The predicted octanol–water partition coefficient (Wildman–Crippen LogP) is 3.90. The van der Waals surface area contributed by atoms with Crippen LogP contribution < -0.4 is 0 Å². The molecular weight excluding hydrogens is 263 g/mol. The molecule has 1 aromatic carbocycles. The van der Waals surface area contributed by atoms with Crippen molar-refractivity contribution < 1.29 is 5.11 Å². The second-order valence-corrected chi connectivity index (χ2v) is 5.11. The SMILES string of the molecule is CSc1ccc(Cl)cc1C(O)C(Cl)Cl. The Balaban J connectivity index is 3.10. The number of benzene rings is 1. The fourth-order valence-electron chi connectivity index (χ4n) is 1.07. The summed E-state index contributed by atoms with van der Waals surface area (Å²) >= 11 is 18.5. The Morgan fingerprint density at radius 2 is 2.00 bits per heavy atom. The number of hydrogen-bond donors (Lipinski definition) is 1. The van der Waals surface area contributed by atoms with E-state index in [1.807, 2.05) is 12.3 Å². The van der Waals surface area contributed by atoms with Gasteiger partial charge in [0.25, 0.3) is 0 Å². The van der Waals surface area contributed by atoms with Crippen molar-refractivity contribution in [3.63, 3.8) is 0 Å². The van der Waals surface area contributed by atoms with Crippen molar-refractivity contribution in [1.82, 2.24) is 0 Å². The molecule has 0 fully saturated rings. The zero-order valence-electron chi connectivity index (χ0n) is 7.38. The Kier molecular flexibility index (Phi) is 4.88. The normalized spacial score (nSPS) is 13.3. The minimum absolute atomic E-state index is 0.561. The summed E-state index contributed by atoms with van der Waals surface area (Å²) in [6.07, 6.45) is 1.01. The van der Waals surface area contributed by atoms with E-state index in [9.17, 15) is 5.11 Å². The average Bonchev–Trinajstić information content (AvgIpc) is 2.16. The first kappa shape index (κ1) is 12.5. The molecule has 0 amide bonds. The number of aliphatic hydroxyl groups is 1. The smallest absolute Gasteiger partial charge is 0.137 e. The molecule has 0 heterocycles. The number of alkyl halides is 2. The zero-order valence-corrected chi connectivity index (χ0v) is 10.5. The molecule has 1 atom stereocenters. The molecule has 5 heteroatoms. The predicted molar refractivity (Wildman–Crippen MR) is 63.7 cm³/mol. The highest BCUT2D eigenvalue weighted by Gasteiger charge is 2.19. The monoisotopic (exact) mass is 270 g/mol. The van der Waals surface area contributed by atoms with E-state index in [4.69, 9.17) is 34.8 Å². The summed E-state index contributed by atoms with van der Waals surface area (Å²) in [6.45, 7) is 0. The second-order valence-electron chi connectivity index (χ2n) is 2.67. The lowest BCUT2D eigenvalue weighted by molar-refractivity contribution is 0.190. The highest BCUT2D eigenvalue weighted by molar-refractivity contribution is 7.98. The molecule has 14 heavy (non-hydrogen) atoms. The van der Waals surface area contributed by atoms with Gasteiger partial charge in [0.15, 0.2) is 0 Å². The van der Waals surface area contributed by atoms with Crippen LogP contribution in [0.4, 0.5) is 0 Å². The minimum Gasteiger partial charge on any atom is -0.386 e. The Morgan fingerprint density at radius 3 is 2.50 bits per heavy atom. The molecule has 0 bridgehead atoms. The summed E-state index contributed by atoms with van der Waals surface area (Å²) in [4.78, 5) is 0.0765. The summed E-state index contributed by atoms with van der Waals surface area (Å²) in [5.41, 5.74) is 0.667. The number of rotatable bonds is 3. The summed E-state index contributed by atoms with van der Waals surface area (Å²) in [5.74, 6) is 0. The van der Waals surface area contributed by atoms with Crippen molar-refractivity contribution >= 4 is 46.6 Å². The zero-order chi connectivity index (χ0) is 10.7. The lowest BCUT2D eigenvalue weighted by Gasteiger charge is -2.15. The van der Waals surface area contributed by atoms with Gasteiger partial charge in [-0.05, 0) is 30.0 Å². The van der Waals surface area contributed by atoms with E-state index in [0.717, 1.165) is 4.90 Å². The Morgan fingerprint density at radius 1 is 1.36 bits per heavy atom. The van der Waals surface area contributed by atoms with Crippen LogP contribution in [-0.2, 0) is 0 Å². The van der Waals surface area contributed by atoms with E-state index in [0.29, 0.717) is 10.6 Å². The molecule has 1 unspecified atom stereocenters. The quantitative estimate of drug-likeness (QED) is 0.665. The van der Waals surface area contributed by atoms with E-state index in [-0.39, 0.29) is 0 Å². The van der Waals surface area contributed by atoms with Gasteiger partial charge in [-0.1, -0.05) is 11.6 Å². The molecule has 78 valence electrons. The molecule has 0 radical (unpaired) electrons. The topological polar surface area (TPSA) is 20.2 Å². The molecule has 1 N–H and O–H groups in total. The Hall–Kier alpha value is 0.400. The van der Waals surface area contributed by atoms with Gasteiger partial charge in [-0.2, -0.15) is 0 Å². The maximum Gasteiger partial charge on any atom is 0.137 e. The summed E-state index contributed by atoms with van der Waals surface area (Å²) in [7, 11) is 0. The maximum atomic E-state index is 9.70. The van der Waals surface area contributed by atoms with Gasteiger partial charge in [0.1, 0.15) is 10.9 Å². The first-order chi connectivity index (χ1) is 6.56. The number of halogens is 3. The average molecular weight is 272 g/mol. The van der Waals surface area contributed by atoms with Crippen molar-refractivity contribution in [2.24, 2.45) is 0 Å². The summed E-state index contributed by atoms with van der Waals surface area (Å²) in [5, 5.41) is 10.3. The van der Waals surface area contributed by atoms with Crippen LogP contribution in [0.15, 0.2) is 23.1 Å². The third-order valence-corrected chi connectivity index (χ3v) is 3.27. The largest absolute Gasteiger partial charge is 0.386 e. The Bertz CT molecular complexity index is 317. The van der Waals surface area contributed by atoms with Gasteiger partial charge in [0.2, 0.25) is 0 Å². The lowest BCUT2D eigenvalue weighted by Crippen LogP contribution is -2.07. The Labute approximate surface area is 102 Å². The highest BCUT2D eigenvalue weighted by atomic mass is 35.5. The van der Waals surface area contributed by atoms with Crippen LogP contribution in [0, 0.1) is 0 Å². The summed E-state index contributed by atoms with van der Waals surface area (Å²) < 4.78 is 0. The van der Waals surface area contributed by atoms with Crippen LogP contribution in [0.25, 0.3) is 0 Å². The van der Waals surface area contributed by atoms with Gasteiger partial charge in [-0.15, -0.1) is 35.0 Å². The van der Waals surface area contributed by atoms with Crippen LogP contribution in [0.1, 0.15) is 11.7 Å². The third kappa shape index (κ3) is 2.94. The molecule has 0 aromatic heterocycles. The number of hydrogen-bond acceptors (Lipinski definition) is 2. The van der Waals surface area contributed by atoms with E-state index >= 15 is 0 Å². The van der Waals surface area contributed by atoms with Crippen molar-refractivity contribution in [1.29, 1.82) is 0 Å². The molecular formula is C9H9Cl3OS. The molecule has 0 aliphatic heterocycles.